The van der Waals surface area contributed by atoms with Crippen molar-refractivity contribution in [3.05, 3.63) is 87.6 Å². The molecule has 0 spiro atoms. The molecule has 9 N–H and O–H groups in total. The molecule has 0 bridgehead atoms. The number of nitrogens with one attached hydrogen (secondary N) is 1. The maximum absolute atomic E-state index is 13.6. The van der Waals surface area contributed by atoms with Gasteiger partial charge in [0.25, 0.3) is 5.91 Å². The molecular weight excluding hydrogens is 879 g/mol. The Morgan fingerprint density at radius 2 is 1.79 bits per heavy atom. The summed E-state index contributed by atoms with van der Waals surface area (Å²) in [6, 6.07) is 13.7. The summed E-state index contributed by atoms with van der Waals surface area (Å²) in [5, 5.41) is 74.5. The highest BCUT2D eigenvalue weighted by molar-refractivity contribution is 6.09. The van der Waals surface area contributed by atoms with Gasteiger partial charge in [-0.2, -0.15) is 0 Å². The molecule has 362 valence electrons. The molecule has 2 aromatic rings. The van der Waals surface area contributed by atoms with Crippen LogP contribution in [0.15, 0.2) is 75.5 Å². The number of carbonyl (C=O) groups is 3. The first kappa shape index (κ1) is 46.5. The number of fused-ring (bicyclic) bond motifs is 7. The van der Waals surface area contributed by atoms with Crippen molar-refractivity contribution in [1.29, 1.82) is 0 Å². The lowest BCUT2D eigenvalue weighted by atomic mass is 9.40. The SMILES string of the molecule is CC1COC(O[C@H]2C[C@@H](O)[C@]3(CO)[C@H]4[C@H](O)C[C@]5(C)[C@@H](C6=CC(=O)OC6)CC[C@]5(O)[C@@H]4CC[C@]3(O)C2)CN1CCNC(=O)c1ccc(-c2c3ccc(=O)cc-3oc3cc(N)ccc23)c(C(=O)O)c1. The number of carbonyl (C=O) groups excluding carboxylic acids is 2. The molecule has 4 saturated carbocycles. The molecule has 1 amide bonds. The highest BCUT2D eigenvalue weighted by Gasteiger charge is 2.75. The standard InChI is InChI=1S/C51H59N3O14/c1-26-23-66-43(67-31-19-41(58)50(25-55)45-37(9-11-49(50,63)20-31)51(64)12-10-36(28-16-42(59)65-24-28)48(51,2)21-38(45)57)22-54(26)14-13-53-46(60)27-3-6-32(35(15-27)47(61)62)44-33-7-4-29(52)17-39(33)68-40-18-30(56)5-8-34(40)44/h3-8,15-18,26,31,36-38,41,43,45,55,57-58,63-64H,9-14,19-25,52H2,1-2H3,(H,53,60)(H,61,62)/t26?,31-,36+,37+,38+,41+,43?,45+,48+,49-,50+,51-/m0/s1. The Kier molecular flexibility index (Phi) is 11.6. The molecule has 0 radical (unpaired) electrons. The molecule has 3 aliphatic heterocycles. The lowest BCUT2D eigenvalue weighted by Crippen LogP contribution is -2.76. The van der Waals surface area contributed by atoms with Crippen molar-refractivity contribution in [2.75, 3.05) is 45.2 Å². The zero-order valence-corrected chi connectivity index (χ0v) is 38.1. The zero-order valence-electron chi connectivity index (χ0n) is 38.1. The number of anilines is 1. The number of aliphatic hydroxyl groups is 5. The number of nitrogen functional groups attached to an aromatic ring is 1. The van der Waals surface area contributed by atoms with Gasteiger partial charge < -0.3 is 60.3 Å². The fraction of sp³-hybridized carbons (Fsp3) is 0.529. The Morgan fingerprint density at radius 3 is 2.54 bits per heavy atom. The topological polar surface area (TPSA) is 272 Å². The van der Waals surface area contributed by atoms with Crippen LogP contribution in [0.3, 0.4) is 0 Å². The molecule has 10 rings (SSSR count). The average molecular weight is 938 g/mol. The number of aromatic carboxylic acids is 1. The minimum Gasteiger partial charge on any atom is -0.478 e. The largest absolute Gasteiger partial charge is 0.478 e. The van der Waals surface area contributed by atoms with Gasteiger partial charge >= 0.3 is 11.9 Å². The molecule has 5 fully saturated rings. The molecule has 3 heterocycles. The highest BCUT2D eigenvalue weighted by atomic mass is 16.7. The monoisotopic (exact) mass is 937 g/mol. The number of hydrogen-bond donors (Lipinski definition) is 8. The van der Waals surface area contributed by atoms with E-state index in [2.05, 4.69) is 10.2 Å². The summed E-state index contributed by atoms with van der Waals surface area (Å²) in [5.41, 5.74) is 3.47. The zero-order chi connectivity index (χ0) is 48.1. The molecule has 8 aliphatic rings. The smallest absolute Gasteiger partial charge is 0.336 e. The number of nitrogens with two attached hydrogens (primary N) is 1. The van der Waals surface area contributed by atoms with Crippen molar-refractivity contribution in [3.63, 3.8) is 0 Å². The van der Waals surface area contributed by atoms with Crippen molar-refractivity contribution in [2.24, 2.45) is 28.6 Å². The minimum absolute atomic E-state index is 0.0494. The number of hydrogen-bond acceptors (Lipinski definition) is 15. The lowest BCUT2D eigenvalue weighted by molar-refractivity contribution is -0.327. The summed E-state index contributed by atoms with van der Waals surface area (Å²) in [6.07, 6.45) is -0.481. The van der Waals surface area contributed by atoms with Crippen LogP contribution >= 0.6 is 0 Å². The van der Waals surface area contributed by atoms with Crippen LogP contribution < -0.4 is 16.5 Å². The van der Waals surface area contributed by atoms with Crippen LogP contribution in [0.2, 0.25) is 0 Å². The molecule has 5 aliphatic carbocycles. The van der Waals surface area contributed by atoms with E-state index < -0.39 is 82.9 Å². The first-order valence-electron chi connectivity index (χ1n) is 23.6. The number of ether oxygens (including phenoxy) is 3. The van der Waals surface area contributed by atoms with Crippen LogP contribution in [0.1, 0.15) is 79.5 Å². The number of morpholine rings is 1. The molecule has 17 heteroatoms. The van der Waals surface area contributed by atoms with Crippen molar-refractivity contribution in [3.8, 4) is 22.5 Å². The van der Waals surface area contributed by atoms with Crippen LogP contribution in [0.25, 0.3) is 33.4 Å². The van der Waals surface area contributed by atoms with Crippen molar-refractivity contribution in [1.82, 2.24) is 10.2 Å². The van der Waals surface area contributed by atoms with Crippen LogP contribution in [0.4, 0.5) is 5.69 Å². The summed E-state index contributed by atoms with van der Waals surface area (Å²) in [5.74, 6) is -3.42. The Morgan fingerprint density at radius 1 is 1.00 bits per heavy atom. The summed E-state index contributed by atoms with van der Waals surface area (Å²) in [7, 11) is 0. The fourth-order valence-electron chi connectivity index (χ4n) is 13.8. The van der Waals surface area contributed by atoms with Gasteiger partial charge in [-0.15, -0.1) is 0 Å². The van der Waals surface area contributed by atoms with Crippen molar-refractivity contribution in [2.45, 2.75) is 101 Å². The Labute approximate surface area is 391 Å². The van der Waals surface area contributed by atoms with Crippen LogP contribution in [-0.2, 0) is 19.0 Å². The Balaban J connectivity index is 0.799. The average Bonchev–Trinajstić information content (AvgIpc) is 3.84. The predicted octanol–water partition coefficient (Wildman–Crippen LogP) is 3.29. The Bertz CT molecular complexity index is 2740. The van der Waals surface area contributed by atoms with Gasteiger partial charge in [0.2, 0.25) is 0 Å². The van der Waals surface area contributed by atoms with Gasteiger partial charge in [0.1, 0.15) is 18.0 Å². The molecule has 17 nitrogen and oxygen atoms in total. The van der Waals surface area contributed by atoms with Gasteiger partial charge in [-0.3, -0.25) is 14.5 Å². The van der Waals surface area contributed by atoms with Gasteiger partial charge in [0, 0.05) is 95.8 Å². The number of nitrogens with zero attached hydrogens (tertiary/aromatic N) is 1. The second-order valence-electron chi connectivity index (χ2n) is 20.5. The van der Waals surface area contributed by atoms with Gasteiger partial charge in [-0.1, -0.05) is 13.0 Å². The molecular formula is C51H59N3O14. The van der Waals surface area contributed by atoms with Gasteiger partial charge in [-0.25, -0.2) is 9.59 Å². The van der Waals surface area contributed by atoms with E-state index >= 15 is 0 Å². The quantitative estimate of drug-likeness (QED) is 0.0644. The number of rotatable bonds is 10. The van der Waals surface area contributed by atoms with Crippen molar-refractivity contribution < 1.29 is 63.7 Å². The summed E-state index contributed by atoms with van der Waals surface area (Å²) < 4.78 is 23.8. The molecule has 0 aromatic heterocycles. The van der Waals surface area contributed by atoms with Crippen molar-refractivity contribution >= 4 is 34.5 Å². The second kappa shape index (κ2) is 17.0. The van der Waals surface area contributed by atoms with E-state index in [0.717, 1.165) is 5.57 Å². The molecule has 2 unspecified atom stereocenters. The van der Waals surface area contributed by atoms with E-state index in [1.807, 2.05) is 13.8 Å². The number of esters is 1. The molecule has 2 aromatic carbocycles. The van der Waals surface area contributed by atoms with Gasteiger partial charge in [0.15, 0.2) is 11.7 Å². The first-order chi connectivity index (χ1) is 32.4. The molecule has 68 heavy (non-hydrogen) atoms. The van der Waals surface area contributed by atoms with E-state index in [-0.39, 0.29) is 73.1 Å². The number of carboxylic acids is 1. The summed E-state index contributed by atoms with van der Waals surface area (Å²) in [4.78, 5) is 52.7. The third kappa shape index (κ3) is 7.27. The predicted molar refractivity (Wildman–Crippen MR) is 245 cm³/mol. The number of cyclic esters (lactones) is 1. The van der Waals surface area contributed by atoms with E-state index in [4.69, 9.17) is 24.4 Å². The van der Waals surface area contributed by atoms with Gasteiger partial charge in [-0.05, 0) is 98.4 Å². The molecule has 1 saturated heterocycles. The maximum atomic E-state index is 13.6. The number of benzene rings is 3. The van der Waals surface area contributed by atoms with Crippen LogP contribution in [-0.4, -0.2) is 135 Å². The third-order valence-corrected chi connectivity index (χ3v) is 17.1. The van der Waals surface area contributed by atoms with Gasteiger partial charge in [0.05, 0.1) is 53.7 Å². The summed E-state index contributed by atoms with van der Waals surface area (Å²) in [6.45, 7) is 4.69. The number of amides is 1. The number of aliphatic hydroxyl groups excluding tert-OH is 3. The maximum Gasteiger partial charge on any atom is 0.336 e. The second-order valence-corrected chi connectivity index (χ2v) is 20.5. The highest BCUT2D eigenvalue weighted by Crippen LogP contribution is 2.70. The third-order valence-electron chi connectivity index (χ3n) is 17.1. The summed E-state index contributed by atoms with van der Waals surface area (Å²) >= 11 is 0. The van der Waals surface area contributed by atoms with E-state index in [9.17, 15) is 49.8 Å². The fourth-order valence-corrected chi connectivity index (χ4v) is 13.8. The Hall–Kier alpha value is -5.24. The van der Waals surface area contributed by atoms with E-state index in [1.54, 1.807) is 36.4 Å². The minimum atomic E-state index is -1.64. The normalized spacial score (nSPS) is 35.9. The van der Waals surface area contributed by atoms with Crippen LogP contribution in [0, 0.1) is 28.6 Å². The van der Waals surface area contributed by atoms with E-state index in [0.29, 0.717) is 72.3 Å². The molecule has 12 atom stereocenters. The van der Waals surface area contributed by atoms with E-state index in [1.165, 1.54) is 24.3 Å². The lowest BCUT2D eigenvalue weighted by Gasteiger charge is -2.68. The first-order valence-corrected chi connectivity index (χ1v) is 23.6. The van der Waals surface area contributed by atoms with Crippen LogP contribution in [0.5, 0.6) is 0 Å². The number of carboxylic acid groups (broad SMARTS) is 1.